The first-order chi connectivity index (χ1) is 30.0. The van der Waals surface area contributed by atoms with E-state index in [-0.39, 0.29) is 24.7 Å². The minimum absolute atomic E-state index is 0.0459. The third-order valence-corrected chi connectivity index (χ3v) is 11.4. The second-order valence-electron chi connectivity index (χ2n) is 15.3. The largest absolute Gasteiger partial charge is 0.465 e. The smallest absolute Gasteiger partial charge is 0.326 e. The first-order valence-corrected chi connectivity index (χ1v) is 21.8. The van der Waals surface area contributed by atoms with Crippen LogP contribution in [0, 0.1) is 5.92 Å². The van der Waals surface area contributed by atoms with Gasteiger partial charge in [-0.25, -0.2) is 0 Å². The highest BCUT2D eigenvalue weighted by Crippen LogP contribution is 2.33. The number of likely N-dealkylation sites (tertiary alicyclic amines) is 1. The third kappa shape index (κ3) is 11.8. The van der Waals surface area contributed by atoms with E-state index in [4.69, 9.17) is 14.2 Å². The van der Waals surface area contributed by atoms with Gasteiger partial charge in [-0.1, -0.05) is 166 Å². The van der Waals surface area contributed by atoms with E-state index in [2.05, 4.69) is 5.32 Å². The summed E-state index contributed by atoms with van der Waals surface area (Å²) >= 11 is 0. The van der Waals surface area contributed by atoms with Gasteiger partial charge in [0.2, 0.25) is 11.8 Å². The quantitative estimate of drug-likeness (QED) is 0.0390. The maximum atomic E-state index is 14.4. The predicted molar refractivity (Wildman–Crippen MR) is 235 cm³/mol. The Morgan fingerprint density at radius 1 is 0.661 bits per heavy atom. The minimum Gasteiger partial charge on any atom is -0.465 e. The maximum absolute atomic E-state index is 14.4. The minimum atomic E-state index is -1.69. The van der Waals surface area contributed by atoms with Crippen molar-refractivity contribution in [3.63, 3.8) is 0 Å². The van der Waals surface area contributed by atoms with E-state index in [1.54, 1.807) is 37.3 Å². The SMILES string of the molecule is CC(=CS(=O)CCC(=O)OCC(C)C)C1C(NC(=O)C(C(=O)OC(c2ccccc2)c2ccccc2)c2ccccc2)C(=O)N1CC(=O)OC(c1ccccc1)c1ccccc1. The van der Waals surface area contributed by atoms with Crippen LogP contribution in [0.15, 0.2) is 163 Å². The average molecular weight is 855 g/mol. The summed E-state index contributed by atoms with van der Waals surface area (Å²) in [6, 6.07) is 42.9. The number of amides is 2. The van der Waals surface area contributed by atoms with Crippen LogP contribution >= 0.6 is 0 Å². The van der Waals surface area contributed by atoms with Gasteiger partial charge < -0.3 is 24.4 Å². The van der Waals surface area contributed by atoms with Crippen molar-refractivity contribution in [3.8, 4) is 0 Å². The fraction of sp³-hybridized carbons (Fsp3) is 0.260. The molecule has 1 N–H and O–H groups in total. The highest BCUT2D eigenvalue weighted by atomic mass is 32.2. The van der Waals surface area contributed by atoms with Gasteiger partial charge in [0, 0.05) is 22.0 Å². The average Bonchev–Trinajstić information content (AvgIpc) is 3.29. The second-order valence-corrected chi connectivity index (χ2v) is 16.7. The van der Waals surface area contributed by atoms with Crippen molar-refractivity contribution in [1.82, 2.24) is 10.2 Å². The van der Waals surface area contributed by atoms with E-state index in [0.29, 0.717) is 22.3 Å². The Kier molecular flexibility index (Phi) is 15.7. The van der Waals surface area contributed by atoms with Gasteiger partial charge in [-0.15, -0.1) is 0 Å². The Morgan fingerprint density at radius 2 is 1.10 bits per heavy atom. The summed E-state index contributed by atoms with van der Waals surface area (Å²) in [5, 5.41) is 4.19. The van der Waals surface area contributed by atoms with Crippen molar-refractivity contribution < 1.29 is 42.4 Å². The number of β-lactam (4-membered cyclic amide) rings is 1. The van der Waals surface area contributed by atoms with Crippen LogP contribution in [-0.2, 0) is 49.0 Å². The molecule has 1 heterocycles. The Bertz CT molecular complexity index is 2260. The molecule has 6 rings (SSSR count). The molecule has 62 heavy (non-hydrogen) atoms. The van der Waals surface area contributed by atoms with Gasteiger partial charge in [0.05, 0.1) is 19.1 Å². The molecule has 11 nitrogen and oxygen atoms in total. The summed E-state index contributed by atoms with van der Waals surface area (Å²) < 4.78 is 30.8. The van der Waals surface area contributed by atoms with Crippen molar-refractivity contribution in [1.29, 1.82) is 0 Å². The lowest BCUT2D eigenvalue weighted by molar-refractivity contribution is -0.163. The van der Waals surface area contributed by atoms with Crippen molar-refractivity contribution in [3.05, 3.63) is 190 Å². The Morgan fingerprint density at radius 3 is 1.55 bits per heavy atom. The summed E-state index contributed by atoms with van der Waals surface area (Å²) in [4.78, 5) is 70.2. The molecule has 0 spiro atoms. The van der Waals surface area contributed by atoms with Crippen molar-refractivity contribution >= 4 is 40.5 Å². The lowest BCUT2D eigenvalue weighted by Gasteiger charge is -2.47. The molecule has 4 unspecified atom stereocenters. The zero-order valence-electron chi connectivity index (χ0n) is 34.8. The zero-order valence-corrected chi connectivity index (χ0v) is 35.6. The van der Waals surface area contributed by atoms with E-state index in [9.17, 15) is 28.2 Å². The summed E-state index contributed by atoms with van der Waals surface area (Å²) in [6.07, 6.45) is -1.72. The molecule has 0 aromatic heterocycles. The number of carbonyl (C=O) groups excluding carboxylic acids is 5. The molecule has 12 heteroatoms. The summed E-state index contributed by atoms with van der Waals surface area (Å²) in [5.74, 6) is -4.87. The molecule has 1 aliphatic heterocycles. The van der Waals surface area contributed by atoms with Gasteiger partial charge >= 0.3 is 17.9 Å². The van der Waals surface area contributed by atoms with Crippen LogP contribution in [0.5, 0.6) is 0 Å². The van der Waals surface area contributed by atoms with Crippen molar-refractivity contribution in [2.45, 2.75) is 57.4 Å². The van der Waals surface area contributed by atoms with Crippen LogP contribution in [0.3, 0.4) is 0 Å². The molecular formula is C50H50N2O9S. The lowest BCUT2D eigenvalue weighted by atomic mass is 9.88. The van der Waals surface area contributed by atoms with E-state index < -0.39 is 77.3 Å². The maximum Gasteiger partial charge on any atom is 0.326 e. The molecule has 0 saturated carbocycles. The van der Waals surface area contributed by atoms with E-state index in [1.165, 1.54) is 10.3 Å². The number of ether oxygens (including phenoxy) is 3. The molecule has 0 aliphatic carbocycles. The number of nitrogens with one attached hydrogen (secondary N) is 1. The van der Waals surface area contributed by atoms with Crippen LogP contribution in [0.4, 0.5) is 0 Å². The van der Waals surface area contributed by atoms with Gasteiger partial charge in [-0.2, -0.15) is 0 Å². The Balaban J connectivity index is 1.26. The first kappa shape index (κ1) is 44.9. The molecule has 5 aromatic rings. The molecule has 0 radical (unpaired) electrons. The number of hydrogen-bond donors (Lipinski definition) is 1. The Hall–Kier alpha value is -6.66. The summed E-state index contributed by atoms with van der Waals surface area (Å²) in [6.45, 7) is 5.20. The normalized spacial score (nSPS) is 16.0. The number of esters is 3. The Labute approximate surface area is 364 Å². The molecule has 5 aromatic carbocycles. The van der Waals surface area contributed by atoms with E-state index in [0.717, 1.165) is 11.1 Å². The zero-order chi connectivity index (χ0) is 44.0. The fourth-order valence-electron chi connectivity index (χ4n) is 7.16. The molecule has 320 valence electrons. The number of carbonyl (C=O) groups is 5. The number of benzene rings is 5. The van der Waals surface area contributed by atoms with Crippen LogP contribution in [0.25, 0.3) is 0 Å². The van der Waals surface area contributed by atoms with Crippen molar-refractivity contribution in [2.24, 2.45) is 5.92 Å². The standard InChI is InChI=1S/C50H50N2O9S/c1-34(2)32-59-41(53)29-30-62(58)33-35(3)45-44(49(56)52(45)31-42(54)60-46(37-21-11-5-12-22-37)38-23-13-6-14-24-38)51-48(55)43(36-19-9-4-10-20-36)50(57)61-47(39-25-15-7-16-26-39)40-27-17-8-18-28-40/h4-28,33-34,43-47H,29-32H2,1-3H3,(H,51,55). The monoisotopic (exact) mass is 854 g/mol. The van der Waals surface area contributed by atoms with Crippen LogP contribution in [0.1, 0.15) is 73.1 Å². The molecule has 2 amide bonds. The number of hydrogen-bond acceptors (Lipinski definition) is 9. The molecule has 4 atom stereocenters. The van der Waals surface area contributed by atoms with Crippen LogP contribution in [-0.4, -0.2) is 69.8 Å². The predicted octanol–water partition coefficient (Wildman–Crippen LogP) is 7.37. The fourth-order valence-corrected chi connectivity index (χ4v) is 8.20. The van der Waals surface area contributed by atoms with Gasteiger partial charge in [0.1, 0.15) is 12.6 Å². The molecule has 0 bridgehead atoms. The van der Waals surface area contributed by atoms with E-state index >= 15 is 0 Å². The third-order valence-electron chi connectivity index (χ3n) is 10.2. The summed E-state index contributed by atoms with van der Waals surface area (Å²) in [7, 11) is -1.69. The highest BCUT2D eigenvalue weighted by Gasteiger charge is 2.51. The first-order valence-electron chi connectivity index (χ1n) is 20.5. The van der Waals surface area contributed by atoms with E-state index in [1.807, 2.05) is 135 Å². The topological polar surface area (TPSA) is 145 Å². The molecule has 1 fully saturated rings. The van der Waals surface area contributed by atoms with Gasteiger partial charge in [-0.05, 0) is 46.2 Å². The lowest BCUT2D eigenvalue weighted by Crippen LogP contribution is -2.72. The number of rotatable bonds is 19. The van der Waals surface area contributed by atoms with Crippen LogP contribution in [0.2, 0.25) is 0 Å². The molecule has 1 aliphatic rings. The number of nitrogens with zero attached hydrogens (tertiary/aromatic N) is 1. The highest BCUT2D eigenvalue weighted by molar-refractivity contribution is 7.88. The molecule has 1 saturated heterocycles. The molecular weight excluding hydrogens is 805 g/mol. The van der Waals surface area contributed by atoms with Gasteiger partial charge in [0.25, 0.3) is 0 Å². The van der Waals surface area contributed by atoms with Crippen LogP contribution < -0.4 is 5.32 Å². The van der Waals surface area contributed by atoms with Gasteiger partial charge in [0.15, 0.2) is 18.1 Å². The summed E-state index contributed by atoms with van der Waals surface area (Å²) in [5.41, 5.74) is 3.57. The van der Waals surface area contributed by atoms with Gasteiger partial charge in [-0.3, -0.25) is 28.2 Å². The second kappa shape index (κ2) is 21.7. The van der Waals surface area contributed by atoms with Crippen molar-refractivity contribution in [2.75, 3.05) is 18.9 Å².